The predicted molar refractivity (Wildman–Crippen MR) is 43.9 cm³/mol. The van der Waals surface area contributed by atoms with E-state index in [9.17, 15) is 0 Å². The standard InChI is InChI=1S/C5H9S2.Li/c1-5-6-3-2-4-7-5;/h5H,1-4H2;. The molecule has 0 radical (unpaired) electrons. The zero-order chi connectivity index (χ0) is 5.82. The van der Waals surface area contributed by atoms with E-state index in [0.717, 1.165) is 4.58 Å². The van der Waals surface area contributed by atoms with Crippen LogP contribution in [0.4, 0.5) is 0 Å². The molecule has 1 fully saturated rings. The Morgan fingerprint density at radius 2 is 2.00 bits per heavy atom. The van der Waals surface area contributed by atoms with E-state index in [-0.39, 0.29) is 0 Å². The van der Waals surface area contributed by atoms with Crippen LogP contribution in [0.2, 0.25) is 5.09 Å². The molecule has 1 aliphatic rings. The van der Waals surface area contributed by atoms with Gasteiger partial charge in [0.2, 0.25) is 0 Å². The summed E-state index contributed by atoms with van der Waals surface area (Å²) >= 11 is 6.53. The number of hydrogen-bond donors (Lipinski definition) is 0. The van der Waals surface area contributed by atoms with Gasteiger partial charge in [-0.25, -0.2) is 0 Å². The van der Waals surface area contributed by atoms with Gasteiger partial charge in [0.25, 0.3) is 0 Å². The van der Waals surface area contributed by atoms with Crippen molar-refractivity contribution in [3.05, 3.63) is 0 Å². The van der Waals surface area contributed by atoms with Crippen molar-refractivity contribution in [3.8, 4) is 0 Å². The van der Waals surface area contributed by atoms with Gasteiger partial charge >= 0.3 is 68.8 Å². The molecule has 1 rings (SSSR count). The molecule has 0 spiro atoms. The molecule has 0 aromatic rings. The maximum atomic E-state index is 2.27. The van der Waals surface area contributed by atoms with E-state index in [1.165, 1.54) is 23.0 Å². The van der Waals surface area contributed by atoms with E-state index >= 15 is 0 Å². The van der Waals surface area contributed by atoms with Crippen LogP contribution in [-0.2, 0) is 0 Å². The Hall–Kier alpha value is 1.30. The van der Waals surface area contributed by atoms with E-state index in [4.69, 9.17) is 0 Å². The fourth-order valence-corrected chi connectivity index (χ4v) is 3.54. The van der Waals surface area contributed by atoms with Gasteiger partial charge < -0.3 is 0 Å². The van der Waals surface area contributed by atoms with Crippen molar-refractivity contribution in [1.82, 2.24) is 0 Å². The van der Waals surface area contributed by atoms with E-state index in [2.05, 4.69) is 41.2 Å². The molecular formula is C5H9LiS2. The molecule has 8 heavy (non-hydrogen) atoms. The van der Waals surface area contributed by atoms with Crippen molar-refractivity contribution in [2.24, 2.45) is 0 Å². The quantitative estimate of drug-likeness (QED) is 0.509. The van der Waals surface area contributed by atoms with Gasteiger partial charge in [0.05, 0.1) is 0 Å². The predicted octanol–water partition coefficient (Wildman–Crippen LogP) is 1.77. The Balaban J connectivity index is 2.13. The van der Waals surface area contributed by atoms with Crippen molar-refractivity contribution >= 4 is 41.2 Å². The first kappa shape index (κ1) is 7.40. The van der Waals surface area contributed by atoms with E-state index in [1.807, 2.05) is 0 Å². The first-order valence-electron chi connectivity index (χ1n) is 3.16. The number of rotatable bonds is 1. The Morgan fingerprint density at radius 3 is 2.38 bits per heavy atom. The molecule has 1 heterocycles. The third-order valence-electron chi connectivity index (χ3n) is 1.23. The molecule has 3 heteroatoms. The van der Waals surface area contributed by atoms with Gasteiger partial charge in [-0.05, 0) is 0 Å². The summed E-state index contributed by atoms with van der Waals surface area (Å²) in [6.45, 7) is 0. The second kappa shape index (κ2) is 4.17. The molecule has 0 aromatic heterocycles. The van der Waals surface area contributed by atoms with Gasteiger partial charge in [-0.15, -0.1) is 0 Å². The molecule has 0 bridgehead atoms. The van der Waals surface area contributed by atoms with Crippen LogP contribution >= 0.6 is 23.5 Å². The van der Waals surface area contributed by atoms with Crippen molar-refractivity contribution in [3.63, 3.8) is 0 Å². The summed E-state index contributed by atoms with van der Waals surface area (Å²) in [6.07, 6.45) is 1.42. The summed E-state index contributed by atoms with van der Waals surface area (Å²) < 4.78 is 0.920. The molecular weight excluding hydrogens is 131 g/mol. The summed E-state index contributed by atoms with van der Waals surface area (Å²) in [5.41, 5.74) is 0. The van der Waals surface area contributed by atoms with Gasteiger partial charge in [0.1, 0.15) is 0 Å². The molecule has 0 aliphatic carbocycles. The van der Waals surface area contributed by atoms with Gasteiger partial charge in [-0.3, -0.25) is 0 Å². The van der Waals surface area contributed by atoms with E-state index in [1.54, 1.807) is 0 Å². The van der Waals surface area contributed by atoms with Crippen LogP contribution in [-0.4, -0.2) is 33.8 Å². The molecule has 0 amide bonds. The van der Waals surface area contributed by atoms with Crippen LogP contribution < -0.4 is 0 Å². The maximum absolute atomic E-state index is 2.27. The van der Waals surface area contributed by atoms with Crippen LogP contribution in [0.25, 0.3) is 0 Å². The third-order valence-corrected chi connectivity index (χ3v) is 4.50. The summed E-state index contributed by atoms with van der Waals surface area (Å²) in [4.78, 5) is 0. The molecule has 0 nitrogen and oxygen atoms in total. The topological polar surface area (TPSA) is 0 Å². The normalized spacial score (nSPS) is 23.8. The fourth-order valence-electron chi connectivity index (χ4n) is 0.772. The van der Waals surface area contributed by atoms with Gasteiger partial charge in [-0.1, -0.05) is 0 Å². The zero-order valence-electron chi connectivity index (χ0n) is 5.22. The Morgan fingerprint density at radius 1 is 1.38 bits per heavy atom. The first-order valence-corrected chi connectivity index (χ1v) is 5.26. The van der Waals surface area contributed by atoms with E-state index < -0.39 is 0 Å². The van der Waals surface area contributed by atoms with Crippen molar-refractivity contribution in [2.45, 2.75) is 16.1 Å². The average Bonchev–Trinajstić information content (AvgIpc) is 1.90. The van der Waals surface area contributed by atoms with Gasteiger partial charge in [-0.2, -0.15) is 0 Å². The Bertz CT molecular complexity index is 61.4. The number of hydrogen-bond acceptors (Lipinski definition) is 2. The van der Waals surface area contributed by atoms with E-state index in [0.29, 0.717) is 0 Å². The molecule has 0 aromatic carbocycles. The molecule has 1 aliphatic heterocycles. The molecule has 0 unspecified atom stereocenters. The SMILES string of the molecule is [Li][CH2]C1SCCCS1. The van der Waals surface area contributed by atoms with Crippen molar-refractivity contribution in [2.75, 3.05) is 11.5 Å². The second-order valence-electron chi connectivity index (χ2n) is 1.93. The van der Waals surface area contributed by atoms with Gasteiger partial charge in [0, 0.05) is 0 Å². The zero-order valence-corrected chi connectivity index (χ0v) is 6.86. The summed E-state index contributed by atoms with van der Waals surface area (Å²) in [6, 6.07) is 0. The first-order chi connectivity index (χ1) is 3.93. The van der Waals surface area contributed by atoms with Crippen LogP contribution in [0.15, 0.2) is 0 Å². The Labute approximate surface area is 68.8 Å². The van der Waals surface area contributed by atoms with Gasteiger partial charge in [0.15, 0.2) is 0 Å². The Kier molecular flexibility index (Phi) is 3.86. The van der Waals surface area contributed by atoms with Crippen LogP contribution in [0.5, 0.6) is 0 Å². The van der Waals surface area contributed by atoms with Crippen molar-refractivity contribution in [1.29, 1.82) is 0 Å². The third kappa shape index (κ3) is 2.27. The molecule has 1 saturated heterocycles. The average molecular weight is 140 g/mol. The summed E-state index contributed by atoms with van der Waals surface area (Å²) in [7, 11) is 0. The molecule has 0 saturated carbocycles. The van der Waals surface area contributed by atoms with Crippen LogP contribution in [0.3, 0.4) is 0 Å². The second-order valence-corrected chi connectivity index (χ2v) is 4.85. The minimum atomic E-state index is 0.920. The fraction of sp³-hybridized carbons (Fsp3) is 1.00. The van der Waals surface area contributed by atoms with Crippen molar-refractivity contribution < 1.29 is 0 Å². The minimum absolute atomic E-state index is 0.920. The molecule has 0 atom stereocenters. The van der Waals surface area contributed by atoms with Crippen LogP contribution in [0, 0.1) is 0 Å². The number of thioether (sulfide) groups is 2. The monoisotopic (exact) mass is 140 g/mol. The summed E-state index contributed by atoms with van der Waals surface area (Å²) in [5.74, 6) is 2.79. The molecule has 42 valence electrons. The summed E-state index contributed by atoms with van der Waals surface area (Å²) in [5, 5.41) is 1.34. The van der Waals surface area contributed by atoms with Crippen LogP contribution in [0.1, 0.15) is 6.42 Å². The molecule has 0 N–H and O–H groups in total.